The molecular formula is C11H11ClN2O3. The Balaban J connectivity index is 2.63. The van der Waals surface area contributed by atoms with E-state index in [0.717, 1.165) is 0 Å². The van der Waals surface area contributed by atoms with E-state index in [2.05, 4.69) is 5.16 Å². The van der Waals surface area contributed by atoms with Crippen molar-refractivity contribution in [2.45, 2.75) is 0 Å². The molecule has 2 rings (SSSR count). The minimum absolute atomic E-state index is 0.145. The van der Waals surface area contributed by atoms with Crippen LogP contribution < -0.4 is 15.2 Å². The fourth-order valence-electron chi connectivity index (χ4n) is 1.52. The van der Waals surface area contributed by atoms with Gasteiger partial charge in [0.1, 0.15) is 5.02 Å². The van der Waals surface area contributed by atoms with Gasteiger partial charge in [0.15, 0.2) is 23.1 Å². The number of rotatable bonds is 3. The minimum atomic E-state index is 0.145. The van der Waals surface area contributed by atoms with Crippen molar-refractivity contribution < 1.29 is 14.0 Å². The number of methoxy groups -OCH3 is 2. The first-order valence-electron chi connectivity index (χ1n) is 4.81. The van der Waals surface area contributed by atoms with Gasteiger partial charge in [0, 0.05) is 0 Å². The van der Waals surface area contributed by atoms with E-state index in [4.69, 9.17) is 31.3 Å². The van der Waals surface area contributed by atoms with Crippen molar-refractivity contribution in [3.05, 3.63) is 23.2 Å². The van der Waals surface area contributed by atoms with E-state index < -0.39 is 0 Å². The Morgan fingerprint density at radius 1 is 1.29 bits per heavy atom. The van der Waals surface area contributed by atoms with E-state index in [0.29, 0.717) is 22.8 Å². The molecule has 0 aliphatic carbocycles. The number of nitrogens with zero attached hydrogens (tertiary/aromatic N) is 1. The van der Waals surface area contributed by atoms with Crippen LogP contribution in [0.5, 0.6) is 11.5 Å². The molecule has 2 N–H and O–H groups in total. The zero-order valence-electron chi connectivity index (χ0n) is 9.36. The summed E-state index contributed by atoms with van der Waals surface area (Å²) in [7, 11) is 3.09. The fraction of sp³-hybridized carbons (Fsp3) is 0.182. The first-order valence-corrected chi connectivity index (χ1v) is 5.18. The van der Waals surface area contributed by atoms with Gasteiger partial charge in [0.25, 0.3) is 0 Å². The van der Waals surface area contributed by atoms with Crippen molar-refractivity contribution in [1.82, 2.24) is 5.16 Å². The minimum Gasteiger partial charge on any atom is -0.493 e. The van der Waals surface area contributed by atoms with E-state index in [1.165, 1.54) is 7.11 Å². The third kappa shape index (κ3) is 1.89. The second-order valence-corrected chi connectivity index (χ2v) is 3.63. The number of halogens is 1. The Hall–Kier alpha value is -1.88. The Morgan fingerprint density at radius 3 is 2.59 bits per heavy atom. The van der Waals surface area contributed by atoms with Crippen LogP contribution in [-0.4, -0.2) is 19.4 Å². The van der Waals surface area contributed by atoms with Gasteiger partial charge in [0.2, 0.25) is 0 Å². The molecule has 5 nitrogen and oxygen atoms in total. The summed E-state index contributed by atoms with van der Waals surface area (Å²) in [4.78, 5) is 0. The number of nitrogen functional groups attached to an aromatic ring is 1. The Bertz CT molecular complexity index is 540. The van der Waals surface area contributed by atoms with Crippen molar-refractivity contribution in [3.63, 3.8) is 0 Å². The molecule has 0 bridgehead atoms. The molecule has 2 aromatic rings. The number of ether oxygens (including phenoxy) is 2. The van der Waals surface area contributed by atoms with Crippen molar-refractivity contribution in [2.75, 3.05) is 20.0 Å². The molecule has 0 aliphatic heterocycles. The van der Waals surface area contributed by atoms with Gasteiger partial charge >= 0.3 is 0 Å². The topological polar surface area (TPSA) is 70.5 Å². The van der Waals surface area contributed by atoms with E-state index in [9.17, 15) is 0 Å². The van der Waals surface area contributed by atoms with Crippen LogP contribution in [0.2, 0.25) is 5.02 Å². The van der Waals surface area contributed by atoms with Crippen LogP contribution in [0.4, 0.5) is 5.82 Å². The van der Waals surface area contributed by atoms with E-state index in [1.54, 1.807) is 25.3 Å². The Morgan fingerprint density at radius 2 is 2.06 bits per heavy atom. The number of anilines is 1. The highest BCUT2D eigenvalue weighted by atomic mass is 35.5. The molecule has 0 amide bonds. The van der Waals surface area contributed by atoms with E-state index in [-0.39, 0.29) is 10.8 Å². The number of para-hydroxylation sites is 1. The standard InChI is InChI=1S/C11H11ClN2O3/c1-15-7-5-3-4-6(9(7)16-2)10-8(12)11(13)14-17-10/h3-5H,1-2H3,(H2,13,14). The highest BCUT2D eigenvalue weighted by Crippen LogP contribution is 2.41. The summed E-state index contributed by atoms with van der Waals surface area (Å²) >= 11 is 5.99. The van der Waals surface area contributed by atoms with Crippen LogP contribution in [0.25, 0.3) is 11.3 Å². The maximum absolute atomic E-state index is 5.99. The van der Waals surface area contributed by atoms with Gasteiger partial charge in [-0.05, 0) is 12.1 Å². The maximum atomic E-state index is 5.99. The first kappa shape index (κ1) is 11.6. The lowest BCUT2D eigenvalue weighted by Crippen LogP contribution is -1.92. The highest BCUT2D eigenvalue weighted by molar-refractivity contribution is 6.35. The summed E-state index contributed by atoms with van der Waals surface area (Å²) in [5, 5.41) is 3.86. The lowest BCUT2D eigenvalue weighted by Gasteiger charge is -2.10. The van der Waals surface area contributed by atoms with Crippen LogP contribution in [0.3, 0.4) is 0 Å². The summed E-state index contributed by atoms with van der Waals surface area (Å²) in [5.74, 6) is 1.61. The van der Waals surface area contributed by atoms with Crippen molar-refractivity contribution in [1.29, 1.82) is 0 Å². The van der Waals surface area contributed by atoms with Crippen LogP contribution in [0.15, 0.2) is 22.7 Å². The maximum Gasteiger partial charge on any atom is 0.191 e. The van der Waals surface area contributed by atoms with Crippen LogP contribution in [0, 0.1) is 0 Å². The predicted molar refractivity (Wildman–Crippen MR) is 64.5 cm³/mol. The molecule has 6 heteroatoms. The van der Waals surface area contributed by atoms with Gasteiger partial charge in [-0.15, -0.1) is 0 Å². The Kier molecular flexibility index (Phi) is 3.10. The second kappa shape index (κ2) is 4.55. The zero-order chi connectivity index (χ0) is 12.4. The molecule has 90 valence electrons. The van der Waals surface area contributed by atoms with Gasteiger partial charge < -0.3 is 19.7 Å². The largest absolute Gasteiger partial charge is 0.493 e. The van der Waals surface area contributed by atoms with Gasteiger partial charge in [-0.2, -0.15) is 0 Å². The molecule has 0 radical (unpaired) electrons. The first-order chi connectivity index (χ1) is 8.19. The molecule has 0 saturated heterocycles. The predicted octanol–water partition coefficient (Wildman–Crippen LogP) is 2.59. The molecule has 1 aromatic heterocycles. The number of hydrogen-bond acceptors (Lipinski definition) is 5. The third-order valence-corrected chi connectivity index (χ3v) is 2.67. The van der Waals surface area contributed by atoms with Crippen molar-refractivity contribution >= 4 is 17.4 Å². The molecule has 0 aliphatic rings. The fourth-order valence-corrected chi connectivity index (χ4v) is 1.70. The molecule has 0 unspecified atom stereocenters. The van der Waals surface area contributed by atoms with Crippen LogP contribution in [0.1, 0.15) is 0 Å². The zero-order valence-corrected chi connectivity index (χ0v) is 10.1. The van der Waals surface area contributed by atoms with E-state index >= 15 is 0 Å². The summed E-state index contributed by atoms with van der Waals surface area (Å²) in [6.45, 7) is 0. The summed E-state index contributed by atoms with van der Waals surface area (Å²) < 4.78 is 15.5. The molecule has 1 heterocycles. The second-order valence-electron chi connectivity index (χ2n) is 3.25. The van der Waals surface area contributed by atoms with Gasteiger partial charge in [-0.1, -0.05) is 22.8 Å². The van der Waals surface area contributed by atoms with Crippen LogP contribution in [-0.2, 0) is 0 Å². The smallest absolute Gasteiger partial charge is 0.191 e. The van der Waals surface area contributed by atoms with Crippen molar-refractivity contribution in [2.24, 2.45) is 0 Å². The summed E-state index contributed by atoms with van der Waals surface area (Å²) in [6, 6.07) is 5.36. The molecule has 1 aromatic carbocycles. The summed E-state index contributed by atoms with van der Waals surface area (Å²) in [6.07, 6.45) is 0. The number of benzene rings is 1. The monoisotopic (exact) mass is 254 g/mol. The average molecular weight is 255 g/mol. The SMILES string of the molecule is COc1cccc(-c2onc(N)c2Cl)c1OC. The molecule has 0 saturated carbocycles. The Labute approximate surface area is 103 Å². The molecule has 17 heavy (non-hydrogen) atoms. The number of aromatic nitrogens is 1. The van der Waals surface area contributed by atoms with Gasteiger partial charge in [-0.25, -0.2) is 0 Å². The highest BCUT2D eigenvalue weighted by Gasteiger charge is 2.19. The lowest BCUT2D eigenvalue weighted by molar-refractivity contribution is 0.354. The third-order valence-electron chi connectivity index (χ3n) is 2.31. The van der Waals surface area contributed by atoms with Gasteiger partial charge in [0.05, 0.1) is 19.8 Å². The quantitative estimate of drug-likeness (QED) is 0.912. The van der Waals surface area contributed by atoms with Crippen LogP contribution >= 0.6 is 11.6 Å². The van der Waals surface area contributed by atoms with Gasteiger partial charge in [-0.3, -0.25) is 0 Å². The average Bonchev–Trinajstić information content (AvgIpc) is 2.69. The lowest BCUT2D eigenvalue weighted by atomic mass is 10.1. The van der Waals surface area contributed by atoms with E-state index in [1.807, 2.05) is 0 Å². The van der Waals surface area contributed by atoms with Crippen molar-refractivity contribution in [3.8, 4) is 22.8 Å². The molecule has 0 spiro atoms. The molecular weight excluding hydrogens is 244 g/mol. The molecule has 0 atom stereocenters. The molecule has 0 fully saturated rings. The summed E-state index contributed by atoms with van der Waals surface area (Å²) in [5.41, 5.74) is 6.17. The number of hydrogen-bond donors (Lipinski definition) is 1. The number of nitrogens with two attached hydrogens (primary N) is 1. The normalized spacial score (nSPS) is 10.3.